The fourth-order valence-electron chi connectivity index (χ4n) is 4.75. The lowest BCUT2D eigenvalue weighted by Gasteiger charge is -2.26. The molecule has 0 unspecified atom stereocenters. The van der Waals surface area contributed by atoms with Crippen molar-refractivity contribution in [2.24, 2.45) is 0 Å². The molecule has 5 rings (SSSR count). The summed E-state index contributed by atoms with van der Waals surface area (Å²) in [7, 11) is 3.42. The normalized spacial score (nSPS) is 15.3. The summed E-state index contributed by atoms with van der Waals surface area (Å²) >= 11 is 0. The standard InChI is InChI=1S/C28H30N2O3/c1-17-6-5-7-25(18(17)2)33-16-20-14-19(8-11-26(20)32-4)27-28-22(12-13-29-27)23-15-21(31-3)9-10-24(23)30-28/h5-11,14-15,27,29-30H,12-13,16H2,1-4H3/t27-/m0/s1. The van der Waals surface area contributed by atoms with Crippen LogP contribution in [0.5, 0.6) is 17.2 Å². The van der Waals surface area contributed by atoms with Gasteiger partial charge < -0.3 is 24.5 Å². The smallest absolute Gasteiger partial charge is 0.125 e. The van der Waals surface area contributed by atoms with E-state index >= 15 is 0 Å². The third kappa shape index (κ3) is 3.93. The number of ether oxygens (including phenoxy) is 3. The molecule has 1 aliphatic rings. The Morgan fingerprint density at radius 1 is 0.939 bits per heavy atom. The monoisotopic (exact) mass is 442 g/mol. The van der Waals surface area contributed by atoms with E-state index in [4.69, 9.17) is 14.2 Å². The molecule has 0 spiro atoms. The predicted molar refractivity (Wildman–Crippen MR) is 132 cm³/mol. The molecule has 2 N–H and O–H groups in total. The van der Waals surface area contributed by atoms with Crippen molar-refractivity contribution in [2.75, 3.05) is 20.8 Å². The van der Waals surface area contributed by atoms with Crippen LogP contribution in [0.25, 0.3) is 10.9 Å². The second-order valence-corrected chi connectivity index (χ2v) is 8.62. The van der Waals surface area contributed by atoms with Crippen LogP contribution >= 0.6 is 0 Å². The minimum absolute atomic E-state index is 0.0810. The number of benzene rings is 3. The van der Waals surface area contributed by atoms with Crippen molar-refractivity contribution < 1.29 is 14.2 Å². The second-order valence-electron chi connectivity index (χ2n) is 8.62. The molecule has 4 aromatic rings. The molecule has 0 bridgehead atoms. The summed E-state index contributed by atoms with van der Waals surface area (Å²) in [5.41, 5.74) is 8.33. The summed E-state index contributed by atoms with van der Waals surface area (Å²) in [5, 5.41) is 4.93. The number of hydrogen-bond donors (Lipinski definition) is 2. The first-order chi connectivity index (χ1) is 16.1. The Bertz CT molecular complexity index is 1310. The molecule has 0 amide bonds. The molecule has 0 radical (unpaired) electrons. The number of aromatic amines is 1. The Kier molecular flexibility index (Phi) is 5.73. The Morgan fingerprint density at radius 3 is 2.64 bits per heavy atom. The second kappa shape index (κ2) is 8.83. The van der Waals surface area contributed by atoms with Crippen LogP contribution in [0.3, 0.4) is 0 Å². The molecule has 0 fully saturated rings. The molecule has 33 heavy (non-hydrogen) atoms. The molecule has 0 aliphatic carbocycles. The van der Waals surface area contributed by atoms with Crippen molar-refractivity contribution in [1.82, 2.24) is 10.3 Å². The van der Waals surface area contributed by atoms with Crippen LogP contribution in [0.1, 0.15) is 39.6 Å². The van der Waals surface area contributed by atoms with Gasteiger partial charge in [0.1, 0.15) is 23.9 Å². The highest BCUT2D eigenvalue weighted by Gasteiger charge is 2.26. The van der Waals surface area contributed by atoms with Crippen LogP contribution in [0.2, 0.25) is 0 Å². The van der Waals surface area contributed by atoms with Gasteiger partial charge in [-0.2, -0.15) is 0 Å². The molecular formula is C28H30N2O3. The van der Waals surface area contributed by atoms with Crippen molar-refractivity contribution in [1.29, 1.82) is 0 Å². The first kappa shape index (κ1) is 21.4. The molecule has 1 aromatic heterocycles. The van der Waals surface area contributed by atoms with Crippen LogP contribution in [-0.2, 0) is 13.0 Å². The first-order valence-electron chi connectivity index (χ1n) is 11.4. The van der Waals surface area contributed by atoms with Gasteiger partial charge in [-0.1, -0.05) is 18.2 Å². The lowest BCUT2D eigenvalue weighted by molar-refractivity contribution is 0.294. The van der Waals surface area contributed by atoms with Crippen molar-refractivity contribution in [3.63, 3.8) is 0 Å². The van der Waals surface area contributed by atoms with E-state index in [9.17, 15) is 0 Å². The fraction of sp³-hybridized carbons (Fsp3) is 0.286. The zero-order valence-electron chi connectivity index (χ0n) is 19.6. The summed E-state index contributed by atoms with van der Waals surface area (Å²) in [6.07, 6.45) is 0.984. The van der Waals surface area contributed by atoms with Crippen LogP contribution in [-0.4, -0.2) is 25.7 Å². The van der Waals surface area contributed by atoms with Crippen molar-refractivity contribution >= 4 is 10.9 Å². The minimum Gasteiger partial charge on any atom is -0.497 e. The van der Waals surface area contributed by atoms with Gasteiger partial charge in [0.05, 0.1) is 20.3 Å². The van der Waals surface area contributed by atoms with E-state index in [-0.39, 0.29) is 6.04 Å². The predicted octanol–water partition coefficient (Wildman–Crippen LogP) is 5.62. The average molecular weight is 443 g/mol. The number of nitrogens with one attached hydrogen (secondary N) is 2. The van der Waals surface area contributed by atoms with E-state index in [0.717, 1.165) is 41.3 Å². The largest absolute Gasteiger partial charge is 0.497 e. The van der Waals surface area contributed by atoms with Gasteiger partial charge in [0.2, 0.25) is 0 Å². The Labute approximate surface area is 194 Å². The highest BCUT2D eigenvalue weighted by molar-refractivity contribution is 5.86. The highest BCUT2D eigenvalue weighted by Crippen LogP contribution is 2.36. The molecule has 1 aliphatic heterocycles. The SMILES string of the molecule is COc1ccc2[nH]c3c(c2c1)CCN[C@H]3c1ccc(OC)c(COc2cccc(C)c2C)c1. The third-order valence-corrected chi connectivity index (χ3v) is 6.73. The first-order valence-corrected chi connectivity index (χ1v) is 11.4. The van der Waals surface area contributed by atoms with Crippen LogP contribution in [0.4, 0.5) is 0 Å². The fourth-order valence-corrected chi connectivity index (χ4v) is 4.75. The summed E-state index contributed by atoms with van der Waals surface area (Å²) in [6.45, 7) is 5.56. The molecular weight excluding hydrogens is 412 g/mol. The number of aryl methyl sites for hydroxylation is 1. The lowest BCUT2D eigenvalue weighted by atomic mass is 9.93. The molecule has 1 atom stereocenters. The van der Waals surface area contributed by atoms with Gasteiger partial charge in [-0.3, -0.25) is 0 Å². The van der Waals surface area contributed by atoms with Crippen molar-refractivity contribution in [3.8, 4) is 17.2 Å². The van der Waals surface area contributed by atoms with Crippen molar-refractivity contribution in [3.05, 3.63) is 88.1 Å². The van der Waals surface area contributed by atoms with E-state index in [2.05, 4.69) is 54.5 Å². The van der Waals surface area contributed by atoms with Gasteiger partial charge >= 0.3 is 0 Å². The van der Waals surface area contributed by atoms with E-state index in [1.165, 1.54) is 33.3 Å². The molecule has 0 saturated heterocycles. The molecule has 5 nitrogen and oxygen atoms in total. The number of aromatic nitrogens is 1. The van der Waals surface area contributed by atoms with Crippen LogP contribution < -0.4 is 19.5 Å². The molecule has 5 heteroatoms. The Morgan fingerprint density at radius 2 is 1.82 bits per heavy atom. The third-order valence-electron chi connectivity index (χ3n) is 6.73. The van der Waals surface area contributed by atoms with Gasteiger partial charge in [-0.25, -0.2) is 0 Å². The Balaban J connectivity index is 1.49. The van der Waals surface area contributed by atoms with E-state index < -0.39 is 0 Å². The summed E-state index contributed by atoms with van der Waals surface area (Å²) in [5.74, 6) is 2.63. The van der Waals surface area contributed by atoms with E-state index in [0.29, 0.717) is 6.61 Å². The van der Waals surface area contributed by atoms with Crippen molar-refractivity contribution in [2.45, 2.75) is 32.9 Å². The molecule has 170 valence electrons. The zero-order chi connectivity index (χ0) is 22.9. The Hall–Kier alpha value is -3.44. The maximum Gasteiger partial charge on any atom is 0.125 e. The lowest BCUT2D eigenvalue weighted by Crippen LogP contribution is -2.30. The highest BCUT2D eigenvalue weighted by atomic mass is 16.5. The number of hydrogen-bond acceptors (Lipinski definition) is 4. The molecule has 2 heterocycles. The van der Waals surface area contributed by atoms with Gasteiger partial charge in [-0.15, -0.1) is 0 Å². The number of methoxy groups -OCH3 is 2. The van der Waals surface area contributed by atoms with Gasteiger partial charge in [0.25, 0.3) is 0 Å². The van der Waals surface area contributed by atoms with Gasteiger partial charge in [0, 0.05) is 28.7 Å². The van der Waals surface area contributed by atoms with Crippen LogP contribution in [0.15, 0.2) is 54.6 Å². The minimum atomic E-state index is 0.0810. The molecule has 3 aromatic carbocycles. The molecule has 0 saturated carbocycles. The maximum atomic E-state index is 6.21. The topological polar surface area (TPSA) is 55.5 Å². The summed E-state index contributed by atoms with van der Waals surface area (Å²) in [4.78, 5) is 3.65. The average Bonchev–Trinajstić information content (AvgIpc) is 3.22. The zero-order valence-corrected chi connectivity index (χ0v) is 19.6. The number of fused-ring (bicyclic) bond motifs is 3. The quantitative estimate of drug-likeness (QED) is 0.407. The summed E-state index contributed by atoms with van der Waals surface area (Å²) in [6, 6.07) is 18.8. The van der Waals surface area contributed by atoms with E-state index in [1.807, 2.05) is 24.3 Å². The van der Waals surface area contributed by atoms with Gasteiger partial charge in [0.15, 0.2) is 0 Å². The number of rotatable bonds is 6. The maximum absolute atomic E-state index is 6.21. The van der Waals surface area contributed by atoms with Gasteiger partial charge in [-0.05, 0) is 78.9 Å². The van der Waals surface area contributed by atoms with E-state index in [1.54, 1.807) is 14.2 Å². The van der Waals surface area contributed by atoms with Crippen LogP contribution in [0, 0.1) is 13.8 Å². The number of H-pyrrole nitrogens is 1. The summed E-state index contributed by atoms with van der Waals surface area (Å²) < 4.78 is 17.3.